The van der Waals surface area contributed by atoms with Crippen LogP contribution in [0.2, 0.25) is 0 Å². The predicted molar refractivity (Wildman–Crippen MR) is 108 cm³/mol. The summed E-state index contributed by atoms with van der Waals surface area (Å²) < 4.78 is 15.2. The van der Waals surface area contributed by atoms with E-state index in [1.165, 1.54) is 6.07 Å². The average molecular weight is 394 g/mol. The van der Waals surface area contributed by atoms with Crippen molar-refractivity contribution in [1.82, 2.24) is 24.5 Å². The normalized spacial score (nSPS) is 11.1. The molecule has 0 spiro atoms. The van der Waals surface area contributed by atoms with Crippen LogP contribution in [0.1, 0.15) is 21.8 Å². The van der Waals surface area contributed by atoms with E-state index in [0.29, 0.717) is 18.1 Å². The second-order valence-corrected chi connectivity index (χ2v) is 7.90. The maximum Gasteiger partial charge on any atom is 0.213 e. The fourth-order valence-electron chi connectivity index (χ4n) is 3.05. The zero-order valence-electron chi connectivity index (χ0n) is 15.8. The molecule has 0 unspecified atom stereocenters. The van der Waals surface area contributed by atoms with Crippen molar-refractivity contribution in [2.75, 3.05) is 5.73 Å². The van der Waals surface area contributed by atoms with Gasteiger partial charge in [-0.2, -0.15) is 4.39 Å². The van der Waals surface area contributed by atoms with Gasteiger partial charge in [0.05, 0.1) is 17.1 Å². The minimum atomic E-state index is -0.503. The predicted octanol–water partition coefficient (Wildman–Crippen LogP) is 3.93. The van der Waals surface area contributed by atoms with Crippen LogP contribution in [0.4, 0.5) is 10.3 Å². The Bertz CT molecular complexity index is 1140. The smallest absolute Gasteiger partial charge is 0.213 e. The molecule has 4 aromatic heterocycles. The van der Waals surface area contributed by atoms with E-state index in [1.807, 2.05) is 38.5 Å². The number of nitrogens with two attached hydrogens (primary N) is 1. The maximum atomic E-state index is 13.5. The Morgan fingerprint density at radius 3 is 2.54 bits per heavy atom. The average Bonchev–Trinajstić information content (AvgIpc) is 3.20. The van der Waals surface area contributed by atoms with Gasteiger partial charge in [0.15, 0.2) is 5.95 Å². The number of nitrogen functional groups attached to an aromatic ring is 1. The highest BCUT2D eigenvalue weighted by molar-refractivity contribution is 7.14. The summed E-state index contributed by atoms with van der Waals surface area (Å²) in [5.74, 6) is -0.0317. The molecule has 2 N–H and O–H groups in total. The van der Waals surface area contributed by atoms with Gasteiger partial charge in [-0.3, -0.25) is 0 Å². The van der Waals surface area contributed by atoms with E-state index in [2.05, 4.69) is 15.0 Å². The lowest BCUT2D eigenvalue weighted by Gasteiger charge is -2.09. The van der Waals surface area contributed by atoms with E-state index in [9.17, 15) is 4.39 Å². The molecule has 0 aliphatic rings. The maximum absolute atomic E-state index is 13.5. The van der Waals surface area contributed by atoms with Gasteiger partial charge in [0.2, 0.25) is 5.95 Å². The number of hydrogen-bond donors (Lipinski definition) is 1. The highest BCUT2D eigenvalue weighted by Crippen LogP contribution is 2.29. The second kappa shape index (κ2) is 7.12. The molecule has 0 fully saturated rings. The molecule has 0 aliphatic carbocycles. The number of pyridine rings is 2. The van der Waals surface area contributed by atoms with E-state index in [0.717, 1.165) is 38.1 Å². The van der Waals surface area contributed by atoms with Gasteiger partial charge in [-0.1, -0.05) is 0 Å². The van der Waals surface area contributed by atoms with Crippen molar-refractivity contribution in [3.05, 3.63) is 64.4 Å². The van der Waals surface area contributed by atoms with Gasteiger partial charge in [-0.05, 0) is 43.7 Å². The quantitative estimate of drug-likeness (QED) is 0.530. The Hall–Kier alpha value is -3.13. The van der Waals surface area contributed by atoms with Crippen molar-refractivity contribution in [3.63, 3.8) is 0 Å². The number of halogens is 1. The third-order valence-corrected chi connectivity index (χ3v) is 5.34. The third kappa shape index (κ3) is 3.63. The lowest BCUT2D eigenvalue weighted by molar-refractivity contribution is 0.580. The van der Waals surface area contributed by atoms with Gasteiger partial charge in [0.1, 0.15) is 5.01 Å². The lowest BCUT2D eigenvalue weighted by atomic mass is 10.0. The lowest BCUT2D eigenvalue weighted by Crippen LogP contribution is -1.98. The number of rotatable bonds is 4. The molecule has 0 saturated carbocycles. The zero-order valence-corrected chi connectivity index (χ0v) is 16.6. The van der Waals surface area contributed by atoms with Gasteiger partial charge in [0, 0.05) is 42.0 Å². The highest BCUT2D eigenvalue weighted by atomic mass is 32.1. The van der Waals surface area contributed by atoms with E-state index >= 15 is 0 Å². The summed E-state index contributed by atoms with van der Waals surface area (Å²) in [6.45, 7) is 3.79. The number of thiazole rings is 1. The van der Waals surface area contributed by atoms with Crippen LogP contribution < -0.4 is 5.73 Å². The zero-order chi connectivity index (χ0) is 19.8. The summed E-state index contributed by atoms with van der Waals surface area (Å²) >= 11 is 1.58. The van der Waals surface area contributed by atoms with Crippen molar-refractivity contribution < 1.29 is 4.39 Å². The summed E-state index contributed by atoms with van der Waals surface area (Å²) in [6.07, 6.45) is 4.34. The van der Waals surface area contributed by atoms with E-state index in [4.69, 9.17) is 10.7 Å². The Kier molecular flexibility index (Phi) is 4.64. The molecule has 0 aliphatic heterocycles. The van der Waals surface area contributed by atoms with E-state index in [-0.39, 0.29) is 0 Å². The van der Waals surface area contributed by atoms with Crippen LogP contribution in [-0.2, 0) is 13.5 Å². The topological polar surface area (TPSA) is 82.5 Å². The number of aromatic nitrogens is 5. The van der Waals surface area contributed by atoms with Crippen molar-refractivity contribution >= 4 is 17.3 Å². The first kappa shape index (κ1) is 18.2. The highest BCUT2D eigenvalue weighted by Gasteiger charge is 2.14. The van der Waals surface area contributed by atoms with Crippen molar-refractivity contribution in [1.29, 1.82) is 0 Å². The summed E-state index contributed by atoms with van der Waals surface area (Å²) in [7, 11) is 1.86. The van der Waals surface area contributed by atoms with Crippen LogP contribution in [0.15, 0.2) is 36.7 Å². The minimum absolute atomic E-state index is 0.471. The van der Waals surface area contributed by atoms with Gasteiger partial charge < -0.3 is 10.3 Å². The molecule has 0 atom stereocenters. The molecular formula is C20H19FN6S. The molecule has 4 rings (SSSR count). The largest absolute Gasteiger partial charge is 0.369 e. The number of imidazole rings is 1. The minimum Gasteiger partial charge on any atom is -0.369 e. The Labute approximate surface area is 166 Å². The standard InChI is InChI=1S/C20H19FN6S/c1-11-9-23-19(28-11)17-8-13(6-14-10-27(3)20(22)25-14)7-16(26-17)15-4-5-18(21)24-12(15)2/h4-5,7-10H,6H2,1-3H3,(H2,22,25). The van der Waals surface area contributed by atoms with Crippen molar-refractivity contribution in [2.24, 2.45) is 7.05 Å². The second-order valence-electron chi connectivity index (χ2n) is 6.67. The van der Waals surface area contributed by atoms with Crippen LogP contribution in [0.5, 0.6) is 0 Å². The molecule has 0 aromatic carbocycles. The van der Waals surface area contributed by atoms with Gasteiger partial charge in [-0.25, -0.2) is 19.9 Å². The molecular weight excluding hydrogens is 375 g/mol. The number of aryl methyl sites for hydroxylation is 3. The number of hydrogen-bond acceptors (Lipinski definition) is 6. The molecule has 4 heterocycles. The Morgan fingerprint density at radius 1 is 1.11 bits per heavy atom. The van der Waals surface area contributed by atoms with Gasteiger partial charge in [0.25, 0.3) is 0 Å². The van der Waals surface area contributed by atoms with Gasteiger partial charge >= 0.3 is 0 Å². The van der Waals surface area contributed by atoms with Gasteiger partial charge in [-0.15, -0.1) is 11.3 Å². The summed E-state index contributed by atoms with van der Waals surface area (Å²) in [5.41, 5.74) is 10.6. The molecule has 0 amide bonds. The van der Waals surface area contributed by atoms with Crippen LogP contribution in [0.25, 0.3) is 22.0 Å². The van der Waals surface area contributed by atoms with Crippen molar-refractivity contribution in [3.8, 4) is 22.0 Å². The monoisotopic (exact) mass is 394 g/mol. The van der Waals surface area contributed by atoms with Crippen LogP contribution in [0.3, 0.4) is 0 Å². The Morgan fingerprint density at radius 2 is 1.89 bits per heavy atom. The molecule has 28 heavy (non-hydrogen) atoms. The Balaban J connectivity index is 1.83. The van der Waals surface area contributed by atoms with E-state index in [1.54, 1.807) is 28.9 Å². The van der Waals surface area contributed by atoms with Crippen LogP contribution in [0, 0.1) is 19.8 Å². The number of nitrogens with zero attached hydrogens (tertiary/aromatic N) is 5. The molecule has 0 bridgehead atoms. The molecule has 4 aromatic rings. The van der Waals surface area contributed by atoms with Crippen LogP contribution in [-0.4, -0.2) is 24.5 Å². The first-order valence-electron chi connectivity index (χ1n) is 8.74. The first-order chi connectivity index (χ1) is 13.4. The molecule has 0 radical (unpaired) electrons. The molecule has 8 heteroatoms. The number of anilines is 1. The summed E-state index contributed by atoms with van der Waals surface area (Å²) in [5, 5.41) is 0.842. The summed E-state index contributed by atoms with van der Waals surface area (Å²) in [4.78, 5) is 18.7. The SMILES string of the molecule is Cc1cnc(-c2cc(Cc3cn(C)c(N)n3)cc(-c3ccc(F)nc3C)n2)s1. The van der Waals surface area contributed by atoms with Crippen LogP contribution >= 0.6 is 11.3 Å². The third-order valence-electron chi connectivity index (χ3n) is 4.40. The molecule has 6 nitrogen and oxygen atoms in total. The van der Waals surface area contributed by atoms with E-state index < -0.39 is 5.95 Å². The fraction of sp³-hybridized carbons (Fsp3) is 0.200. The van der Waals surface area contributed by atoms with Crippen molar-refractivity contribution in [2.45, 2.75) is 20.3 Å². The first-order valence-corrected chi connectivity index (χ1v) is 9.55. The fourth-order valence-corrected chi connectivity index (χ4v) is 3.77. The molecule has 0 saturated heterocycles. The molecule has 142 valence electrons. The summed E-state index contributed by atoms with van der Waals surface area (Å²) in [6, 6.07) is 7.05.